The molecule has 0 atom stereocenters. The standard InChI is InChI=1S/C20H14Cl2N2O4.2Na/c21-15-7-17(23-9-11-1-3-13(25)5-19(11)27)18(8-16(15)22)24-10-12-2-4-14(26)6-20(12)28;;/h1-10,25-28H;;/q;2*+1/p-2. The summed E-state index contributed by atoms with van der Waals surface area (Å²) in [5, 5.41) is 42.8. The normalized spacial score (nSPS) is 10.7. The van der Waals surface area contributed by atoms with E-state index in [9.17, 15) is 20.4 Å². The van der Waals surface area contributed by atoms with Crippen LogP contribution in [0.25, 0.3) is 0 Å². The number of hydrogen-bond acceptors (Lipinski definition) is 6. The Bertz CT molecular complexity index is 1020. The van der Waals surface area contributed by atoms with Gasteiger partial charge < -0.3 is 20.4 Å². The van der Waals surface area contributed by atoms with Gasteiger partial charge in [0.2, 0.25) is 0 Å². The zero-order valence-corrected chi connectivity index (χ0v) is 21.6. The fraction of sp³-hybridized carbons (Fsp3) is 0. The third-order valence-electron chi connectivity index (χ3n) is 3.70. The number of hydrogen-bond donors (Lipinski definition) is 2. The van der Waals surface area contributed by atoms with Crippen LogP contribution in [-0.4, -0.2) is 22.6 Å². The third-order valence-corrected chi connectivity index (χ3v) is 4.42. The van der Waals surface area contributed by atoms with Crippen molar-refractivity contribution >= 4 is 47.0 Å². The van der Waals surface area contributed by atoms with E-state index >= 15 is 0 Å². The molecule has 0 amide bonds. The van der Waals surface area contributed by atoms with Gasteiger partial charge in [-0.3, -0.25) is 9.98 Å². The molecule has 0 heterocycles. The summed E-state index contributed by atoms with van der Waals surface area (Å²) >= 11 is 12.1. The summed E-state index contributed by atoms with van der Waals surface area (Å²) in [4.78, 5) is 8.47. The predicted molar refractivity (Wildman–Crippen MR) is 106 cm³/mol. The fourth-order valence-electron chi connectivity index (χ4n) is 2.27. The molecule has 0 aliphatic heterocycles. The van der Waals surface area contributed by atoms with Gasteiger partial charge in [0.25, 0.3) is 0 Å². The zero-order chi connectivity index (χ0) is 20.3. The van der Waals surface area contributed by atoms with Gasteiger partial charge in [0.05, 0.1) is 21.4 Å². The molecule has 0 aliphatic carbocycles. The first kappa shape index (κ1) is 26.8. The number of phenolic OH excluding ortho intramolecular Hbond substituents is 2. The van der Waals surface area contributed by atoms with Crippen LogP contribution in [0.4, 0.5) is 11.4 Å². The molecule has 6 nitrogen and oxygen atoms in total. The second kappa shape index (κ2) is 12.0. The number of rotatable bonds is 4. The Morgan fingerprint density at radius 3 is 1.37 bits per heavy atom. The number of aromatic hydroxyl groups is 2. The number of aliphatic imine (C=N–C) groups is 2. The Hall–Kier alpha value is -1.22. The first-order chi connectivity index (χ1) is 13.3. The molecule has 0 bridgehead atoms. The van der Waals surface area contributed by atoms with Crippen LogP contribution >= 0.6 is 23.2 Å². The van der Waals surface area contributed by atoms with Crippen LogP contribution in [0.3, 0.4) is 0 Å². The molecule has 0 radical (unpaired) electrons. The van der Waals surface area contributed by atoms with Crippen LogP contribution in [0.5, 0.6) is 23.0 Å². The van der Waals surface area contributed by atoms with Crippen molar-refractivity contribution in [2.24, 2.45) is 9.98 Å². The summed E-state index contributed by atoms with van der Waals surface area (Å²) in [6.45, 7) is 0. The molecule has 3 aromatic carbocycles. The Morgan fingerprint density at radius 1 is 0.667 bits per heavy atom. The predicted octanol–water partition coefficient (Wildman–Crippen LogP) is -1.94. The van der Waals surface area contributed by atoms with Gasteiger partial charge >= 0.3 is 59.1 Å². The Morgan fingerprint density at radius 2 is 1.03 bits per heavy atom. The quantitative estimate of drug-likeness (QED) is 0.348. The molecular weight excluding hydrogens is 449 g/mol. The van der Waals surface area contributed by atoms with Crippen molar-refractivity contribution in [3.63, 3.8) is 0 Å². The average Bonchev–Trinajstić information content (AvgIpc) is 2.63. The minimum Gasteiger partial charge on any atom is -0.872 e. The summed E-state index contributed by atoms with van der Waals surface area (Å²) in [6, 6.07) is 10.7. The van der Waals surface area contributed by atoms with Crippen molar-refractivity contribution in [1.82, 2.24) is 0 Å². The molecule has 0 saturated carbocycles. The number of benzene rings is 3. The molecule has 142 valence electrons. The van der Waals surface area contributed by atoms with Crippen molar-refractivity contribution in [2.45, 2.75) is 0 Å². The van der Waals surface area contributed by atoms with E-state index in [1.807, 2.05) is 0 Å². The van der Waals surface area contributed by atoms with E-state index in [4.69, 9.17) is 23.2 Å². The van der Waals surface area contributed by atoms with Crippen LogP contribution in [0.2, 0.25) is 10.0 Å². The second-order valence-electron chi connectivity index (χ2n) is 5.72. The van der Waals surface area contributed by atoms with Gasteiger partial charge in [-0.1, -0.05) is 46.8 Å². The summed E-state index contributed by atoms with van der Waals surface area (Å²) < 4.78 is 0. The van der Waals surface area contributed by atoms with Gasteiger partial charge in [0, 0.05) is 12.4 Å². The SMILES string of the molecule is [Na+].[Na+].[O-]c1cc(O)ccc1C=Nc1cc(Cl)c(Cl)cc1N=Cc1ccc(O)cc1[O-]. The number of nitrogens with zero attached hydrogens (tertiary/aromatic N) is 2. The van der Waals surface area contributed by atoms with Crippen LogP contribution in [0.15, 0.2) is 58.5 Å². The molecule has 0 spiro atoms. The first-order valence-electron chi connectivity index (χ1n) is 7.91. The van der Waals surface area contributed by atoms with Gasteiger partial charge in [-0.2, -0.15) is 0 Å². The van der Waals surface area contributed by atoms with Gasteiger partial charge in [0.1, 0.15) is 11.5 Å². The van der Waals surface area contributed by atoms with E-state index in [0.29, 0.717) is 11.4 Å². The number of halogens is 2. The monoisotopic (exact) mass is 460 g/mol. The summed E-state index contributed by atoms with van der Waals surface area (Å²) in [6.07, 6.45) is 2.64. The molecule has 0 aliphatic rings. The van der Waals surface area contributed by atoms with Gasteiger partial charge in [-0.15, -0.1) is 0 Å². The minimum atomic E-state index is -0.394. The van der Waals surface area contributed by atoms with E-state index in [2.05, 4.69) is 9.98 Å². The van der Waals surface area contributed by atoms with E-state index in [1.165, 1.54) is 48.8 Å². The third kappa shape index (κ3) is 6.90. The first-order valence-corrected chi connectivity index (χ1v) is 8.66. The van der Waals surface area contributed by atoms with Crippen molar-refractivity contribution in [3.8, 4) is 23.0 Å². The van der Waals surface area contributed by atoms with E-state index in [0.717, 1.165) is 12.1 Å². The molecule has 10 heteroatoms. The summed E-state index contributed by atoms with van der Waals surface area (Å²) in [5.41, 5.74) is 1.17. The van der Waals surface area contributed by atoms with E-state index in [1.54, 1.807) is 0 Å². The molecule has 0 saturated heterocycles. The Kier molecular flexibility index (Phi) is 10.7. The Labute approximate surface area is 227 Å². The zero-order valence-electron chi connectivity index (χ0n) is 16.1. The fourth-order valence-corrected chi connectivity index (χ4v) is 2.59. The topological polar surface area (TPSA) is 111 Å². The van der Waals surface area contributed by atoms with Gasteiger partial charge in [0.15, 0.2) is 0 Å². The minimum absolute atomic E-state index is 0. The largest absolute Gasteiger partial charge is 1.00 e. The van der Waals surface area contributed by atoms with Crippen molar-refractivity contribution < 1.29 is 79.5 Å². The molecule has 30 heavy (non-hydrogen) atoms. The van der Waals surface area contributed by atoms with Crippen molar-refractivity contribution in [1.29, 1.82) is 0 Å². The van der Waals surface area contributed by atoms with Crippen LogP contribution < -0.4 is 69.3 Å². The molecule has 0 fully saturated rings. The second-order valence-corrected chi connectivity index (χ2v) is 6.53. The summed E-state index contributed by atoms with van der Waals surface area (Å²) in [7, 11) is 0. The smallest absolute Gasteiger partial charge is 0.872 e. The maximum atomic E-state index is 11.9. The Balaban J connectivity index is 0.00000225. The van der Waals surface area contributed by atoms with Crippen molar-refractivity contribution in [2.75, 3.05) is 0 Å². The van der Waals surface area contributed by atoms with Crippen LogP contribution in [-0.2, 0) is 0 Å². The maximum Gasteiger partial charge on any atom is 1.00 e. The molecule has 2 N–H and O–H groups in total. The van der Waals surface area contributed by atoms with E-state index < -0.39 is 11.5 Å². The molecule has 3 aromatic rings. The van der Waals surface area contributed by atoms with Gasteiger partial charge in [-0.05, 0) is 47.5 Å². The maximum absolute atomic E-state index is 11.9. The van der Waals surface area contributed by atoms with Crippen LogP contribution in [0.1, 0.15) is 11.1 Å². The summed E-state index contributed by atoms with van der Waals surface area (Å²) in [5.74, 6) is -1.06. The molecule has 3 rings (SSSR count). The van der Waals surface area contributed by atoms with Crippen molar-refractivity contribution in [3.05, 3.63) is 69.7 Å². The van der Waals surface area contributed by atoms with E-state index in [-0.39, 0.29) is 91.8 Å². The van der Waals surface area contributed by atoms with Crippen LogP contribution in [0, 0.1) is 0 Å². The number of phenols is 2. The molecular formula is C20H12Cl2N2Na2O4. The molecule has 0 unspecified atom stereocenters. The van der Waals surface area contributed by atoms with Gasteiger partial charge in [-0.25, -0.2) is 0 Å². The molecule has 0 aromatic heterocycles. The average molecular weight is 461 g/mol.